The topological polar surface area (TPSA) is 52.6 Å². The Morgan fingerprint density at radius 3 is 2.50 bits per heavy atom. The molecule has 2 atom stereocenters. The SMILES string of the molecule is CC(CCN(C)C)NC(C)(C(=O)O)C1CC1. The highest BCUT2D eigenvalue weighted by Gasteiger charge is 2.47. The van der Waals surface area contributed by atoms with Crippen molar-refractivity contribution in [1.82, 2.24) is 10.2 Å². The van der Waals surface area contributed by atoms with E-state index in [0.29, 0.717) is 5.92 Å². The molecule has 0 aliphatic heterocycles. The third kappa shape index (κ3) is 3.46. The minimum atomic E-state index is -0.730. The molecule has 4 nitrogen and oxygen atoms in total. The molecule has 2 unspecified atom stereocenters. The largest absolute Gasteiger partial charge is 0.480 e. The molecule has 0 aromatic carbocycles. The van der Waals surface area contributed by atoms with Crippen molar-refractivity contribution in [3.05, 3.63) is 0 Å². The molecular formula is C12H24N2O2. The van der Waals surface area contributed by atoms with E-state index in [0.717, 1.165) is 25.8 Å². The number of carboxylic acids is 1. The lowest BCUT2D eigenvalue weighted by Gasteiger charge is -2.30. The van der Waals surface area contributed by atoms with Crippen molar-refractivity contribution in [2.24, 2.45) is 5.92 Å². The van der Waals surface area contributed by atoms with Gasteiger partial charge >= 0.3 is 5.97 Å². The first kappa shape index (κ1) is 13.5. The van der Waals surface area contributed by atoms with Gasteiger partial charge in [-0.15, -0.1) is 0 Å². The van der Waals surface area contributed by atoms with E-state index in [-0.39, 0.29) is 6.04 Å². The van der Waals surface area contributed by atoms with Crippen LogP contribution in [0.1, 0.15) is 33.1 Å². The van der Waals surface area contributed by atoms with Crippen molar-refractivity contribution in [1.29, 1.82) is 0 Å². The van der Waals surface area contributed by atoms with Crippen molar-refractivity contribution in [3.8, 4) is 0 Å². The summed E-state index contributed by atoms with van der Waals surface area (Å²) in [5, 5.41) is 12.6. The standard InChI is InChI=1S/C12H24N2O2/c1-9(7-8-14(3)4)13-12(2,11(15)16)10-5-6-10/h9-10,13H,5-8H2,1-4H3,(H,15,16). The normalized spacial score (nSPS) is 21.8. The van der Waals surface area contributed by atoms with Gasteiger partial charge in [0.15, 0.2) is 0 Å². The van der Waals surface area contributed by atoms with E-state index in [4.69, 9.17) is 0 Å². The molecule has 16 heavy (non-hydrogen) atoms. The number of carbonyl (C=O) groups is 1. The van der Waals surface area contributed by atoms with Crippen LogP contribution in [0, 0.1) is 5.92 Å². The third-order valence-corrected chi connectivity index (χ3v) is 3.39. The van der Waals surface area contributed by atoms with Gasteiger partial charge in [0, 0.05) is 6.04 Å². The lowest BCUT2D eigenvalue weighted by atomic mass is 9.94. The number of hydrogen-bond acceptors (Lipinski definition) is 3. The molecule has 0 amide bonds. The molecule has 0 heterocycles. The highest BCUT2D eigenvalue weighted by Crippen LogP contribution is 2.40. The van der Waals surface area contributed by atoms with E-state index in [1.807, 2.05) is 21.0 Å². The van der Waals surface area contributed by atoms with Gasteiger partial charge in [-0.1, -0.05) is 0 Å². The highest BCUT2D eigenvalue weighted by molar-refractivity contribution is 5.79. The van der Waals surface area contributed by atoms with Crippen LogP contribution in [-0.4, -0.2) is 48.2 Å². The molecule has 1 fully saturated rings. The molecule has 1 aliphatic carbocycles. The van der Waals surface area contributed by atoms with Crippen LogP contribution in [0.5, 0.6) is 0 Å². The Kier molecular flexibility index (Phi) is 4.33. The van der Waals surface area contributed by atoms with Gasteiger partial charge in [-0.2, -0.15) is 0 Å². The Bertz CT molecular complexity index is 251. The van der Waals surface area contributed by atoms with Crippen LogP contribution in [0.4, 0.5) is 0 Å². The van der Waals surface area contributed by atoms with Crippen molar-refractivity contribution < 1.29 is 9.90 Å². The van der Waals surface area contributed by atoms with Crippen LogP contribution in [-0.2, 0) is 4.79 Å². The van der Waals surface area contributed by atoms with E-state index in [1.165, 1.54) is 0 Å². The molecule has 0 aromatic rings. The molecule has 2 N–H and O–H groups in total. The zero-order valence-corrected chi connectivity index (χ0v) is 10.8. The van der Waals surface area contributed by atoms with Gasteiger partial charge in [-0.25, -0.2) is 0 Å². The molecular weight excluding hydrogens is 204 g/mol. The van der Waals surface area contributed by atoms with Crippen LogP contribution in [0.15, 0.2) is 0 Å². The second kappa shape index (κ2) is 5.15. The summed E-state index contributed by atoms with van der Waals surface area (Å²) in [6.45, 7) is 4.86. The van der Waals surface area contributed by atoms with Gasteiger partial charge in [0.2, 0.25) is 0 Å². The maximum absolute atomic E-state index is 11.3. The number of nitrogens with one attached hydrogen (secondary N) is 1. The fourth-order valence-corrected chi connectivity index (χ4v) is 2.05. The maximum Gasteiger partial charge on any atom is 0.323 e. The Hall–Kier alpha value is -0.610. The molecule has 0 radical (unpaired) electrons. The molecule has 4 heteroatoms. The number of aliphatic carboxylic acids is 1. The predicted octanol–water partition coefficient (Wildman–Crippen LogP) is 1.17. The van der Waals surface area contributed by atoms with Gasteiger partial charge in [0.1, 0.15) is 5.54 Å². The van der Waals surface area contributed by atoms with Crippen molar-refractivity contribution in [2.45, 2.75) is 44.7 Å². The van der Waals surface area contributed by atoms with Gasteiger partial charge in [-0.3, -0.25) is 10.1 Å². The lowest BCUT2D eigenvalue weighted by molar-refractivity contribution is -0.145. The molecule has 1 aliphatic rings. The van der Waals surface area contributed by atoms with Crippen molar-refractivity contribution in [2.75, 3.05) is 20.6 Å². The zero-order chi connectivity index (χ0) is 12.3. The minimum Gasteiger partial charge on any atom is -0.480 e. The van der Waals surface area contributed by atoms with Crippen LogP contribution < -0.4 is 5.32 Å². The second-order valence-corrected chi connectivity index (χ2v) is 5.42. The quantitative estimate of drug-likeness (QED) is 0.687. The van der Waals surface area contributed by atoms with E-state index in [1.54, 1.807) is 0 Å². The van der Waals surface area contributed by atoms with Crippen LogP contribution >= 0.6 is 0 Å². The van der Waals surface area contributed by atoms with Crippen molar-refractivity contribution >= 4 is 5.97 Å². The average molecular weight is 228 g/mol. The second-order valence-electron chi connectivity index (χ2n) is 5.42. The predicted molar refractivity (Wildman–Crippen MR) is 64.5 cm³/mol. The highest BCUT2D eigenvalue weighted by atomic mass is 16.4. The average Bonchev–Trinajstić information content (AvgIpc) is 2.97. The molecule has 0 aromatic heterocycles. The number of rotatable bonds is 7. The summed E-state index contributed by atoms with van der Waals surface area (Å²) < 4.78 is 0. The first-order chi connectivity index (χ1) is 7.36. The molecule has 0 saturated heterocycles. The summed E-state index contributed by atoms with van der Waals surface area (Å²) in [4.78, 5) is 13.4. The summed E-state index contributed by atoms with van der Waals surface area (Å²) in [7, 11) is 4.06. The van der Waals surface area contributed by atoms with Crippen LogP contribution in [0.3, 0.4) is 0 Å². The lowest BCUT2D eigenvalue weighted by Crippen LogP contribution is -2.55. The summed E-state index contributed by atoms with van der Waals surface area (Å²) in [6.07, 6.45) is 3.05. The minimum absolute atomic E-state index is 0.240. The number of nitrogens with zero attached hydrogens (tertiary/aromatic N) is 1. The van der Waals surface area contributed by atoms with Crippen LogP contribution in [0.2, 0.25) is 0 Å². The summed E-state index contributed by atoms with van der Waals surface area (Å²) >= 11 is 0. The Labute approximate surface area is 98.0 Å². The molecule has 94 valence electrons. The molecule has 1 rings (SSSR count). The van der Waals surface area contributed by atoms with E-state index < -0.39 is 11.5 Å². The Morgan fingerprint density at radius 1 is 1.56 bits per heavy atom. The van der Waals surface area contributed by atoms with E-state index in [9.17, 15) is 9.90 Å². The smallest absolute Gasteiger partial charge is 0.323 e. The zero-order valence-electron chi connectivity index (χ0n) is 10.8. The summed E-state index contributed by atoms with van der Waals surface area (Å²) in [5.41, 5.74) is -0.730. The van der Waals surface area contributed by atoms with Crippen LogP contribution in [0.25, 0.3) is 0 Å². The summed E-state index contributed by atoms with van der Waals surface area (Å²) in [6, 6.07) is 0.240. The van der Waals surface area contributed by atoms with E-state index in [2.05, 4.69) is 17.1 Å². The number of hydrogen-bond donors (Lipinski definition) is 2. The first-order valence-corrected chi connectivity index (χ1v) is 6.02. The summed E-state index contributed by atoms with van der Waals surface area (Å²) in [5.74, 6) is -0.404. The Balaban J connectivity index is 2.45. The van der Waals surface area contributed by atoms with E-state index >= 15 is 0 Å². The molecule has 1 saturated carbocycles. The Morgan fingerprint density at radius 2 is 2.12 bits per heavy atom. The first-order valence-electron chi connectivity index (χ1n) is 6.02. The van der Waals surface area contributed by atoms with Crippen molar-refractivity contribution in [3.63, 3.8) is 0 Å². The molecule has 0 spiro atoms. The fraction of sp³-hybridized carbons (Fsp3) is 0.917. The van der Waals surface area contributed by atoms with Gasteiger partial charge in [-0.05, 0) is 59.7 Å². The van der Waals surface area contributed by atoms with Gasteiger partial charge in [0.05, 0.1) is 0 Å². The van der Waals surface area contributed by atoms with Gasteiger partial charge < -0.3 is 10.0 Å². The fourth-order valence-electron chi connectivity index (χ4n) is 2.05. The monoisotopic (exact) mass is 228 g/mol. The van der Waals surface area contributed by atoms with Gasteiger partial charge in [0.25, 0.3) is 0 Å². The maximum atomic E-state index is 11.3. The number of carboxylic acid groups (broad SMARTS) is 1. The molecule has 0 bridgehead atoms. The third-order valence-electron chi connectivity index (χ3n) is 3.39.